The number of rotatable bonds is 4. The van der Waals surface area contributed by atoms with Gasteiger partial charge in [0.25, 0.3) is 0 Å². The third-order valence-corrected chi connectivity index (χ3v) is 5.62. The first kappa shape index (κ1) is 18.9. The van der Waals surface area contributed by atoms with Crippen LogP contribution >= 0.6 is 0 Å². The van der Waals surface area contributed by atoms with E-state index in [4.69, 9.17) is 10.5 Å². The Balaban J connectivity index is 1.77. The summed E-state index contributed by atoms with van der Waals surface area (Å²) in [7, 11) is 0. The van der Waals surface area contributed by atoms with Crippen molar-refractivity contribution in [3.8, 4) is 0 Å². The van der Waals surface area contributed by atoms with Crippen LogP contribution in [0.4, 0.5) is 14.5 Å². The van der Waals surface area contributed by atoms with Gasteiger partial charge in [0.15, 0.2) is 5.82 Å². The van der Waals surface area contributed by atoms with Crippen molar-refractivity contribution in [2.24, 2.45) is 5.73 Å². The van der Waals surface area contributed by atoms with Gasteiger partial charge in [0.2, 0.25) is 5.43 Å². The lowest BCUT2D eigenvalue weighted by atomic mass is 10.1. The minimum atomic E-state index is -0.775. The first-order valence-corrected chi connectivity index (χ1v) is 9.94. The average molecular weight is 414 g/mol. The Morgan fingerprint density at radius 3 is 2.67 bits per heavy atom. The van der Waals surface area contributed by atoms with Crippen LogP contribution in [0.15, 0.2) is 23.1 Å². The summed E-state index contributed by atoms with van der Waals surface area (Å²) in [6, 6.07) is 2.52. The topological polar surface area (TPSA) is 90.5 Å². The number of nitrogens with zero attached hydrogens (tertiary/aromatic N) is 3. The maximum Gasteiger partial charge on any atom is 0.343 e. The Labute approximate surface area is 170 Å². The zero-order chi connectivity index (χ0) is 21.2. The van der Waals surface area contributed by atoms with Crippen molar-refractivity contribution in [2.45, 2.75) is 31.8 Å². The van der Waals surface area contributed by atoms with Crippen LogP contribution in [0.1, 0.15) is 36.2 Å². The molecule has 0 atom stereocenters. The minimum Gasteiger partial charge on any atom is -0.462 e. The highest BCUT2D eigenvalue weighted by atomic mass is 19.1. The standard InChI is InChI=1S/C21H20F2N4O3/c1-2-30-21(29)14-9-27(12-3-4-12)20-13(19(14)28)5-10-6-15(22)18(16(23)17(10)25-20)26-7-11(24)8-26/h5-6,9,11-12H,2-4,7-8,24H2,1H3. The second kappa shape index (κ2) is 6.73. The predicted molar refractivity (Wildman–Crippen MR) is 108 cm³/mol. The molecule has 0 spiro atoms. The largest absolute Gasteiger partial charge is 0.462 e. The number of hydrogen-bond acceptors (Lipinski definition) is 6. The number of nitrogens with two attached hydrogens (primary N) is 1. The third-order valence-electron chi connectivity index (χ3n) is 5.62. The molecule has 3 aromatic rings. The number of ether oxygens (including phenoxy) is 1. The Bertz CT molecular complexity index is 1260. The summed E-state index contributed by atoms with van der Waals surface area (Å²) >= 11 is 0. The fraction of sp³-hybridized carbons (Fsp3) is 0.381. The first-order valence-electron chi connectivity index (χ1n) is 9.94. The summed E-state index contributed by atoms with van der Waals surface area (Å²) < 4.78 is 36.7. The normalized spacial score (nSPS) is 16.9. The van der Waals surface area contributed by atoms with Crippen molar-refractivity contribution >= 4 is 33.6 Å². The first-order chi connectivity index (χ1) is 14.4. The summed E-state index contributed by atoms with van der Waals surface area (Å²) in [5, 5.41) is 0.295. The van der Waals surface area contributed by atoms with Crippen molar-refractivity contribution in [2.75, 3.05) is 24.6 Å². The van der Waals surface area contributed by atoms with Gasteiger partial charge in [-0.1, -0.05) is 0 Å². The number of hydrogen-bond donors (Lipinski definition) is 1. The Kier molecular flexibility index (Phi) is 4.25. The maximum absolute atomic E-state index is 15.3. The molecule has 0 radical (unpaired) electrons. The molecule has 1 saturated heterocycles. The molecule has 2 aliphatic rings. The second-order valence-electron chi connectivity index (χ2n) is 7.85. The van der Waals surface area contributed by atoms with E-state index in [1.54, 1.807) is 16.4 Å². The van der Waals surface area contributed by atoms with E-state index in [1.807, 2.05) is 0 Å². The van der Waals surface area contributed by atoms with E-state index in [9.17, 15) is 14.0 Å². The number of halogens is 2. The molecule has 9 heteroatoms. The zero-order valence-electron chi connectivity index (χ0n) is 16.3. The van der Waals surface area contributed by atoms with E-state index in [1.165, 1.54) is 18.3 Å². The number of fused-ring (bicyclic) bond motifs is 2. The molecule has 0 bridgehead atoms. The lowest BCUT2D eigenvalue weighted by molar-refractivity contribution is 0.0524. The number of aromatic nitrogens is 2. The van der Waals surface area contributed by atoms with Crippen LogP contribution in [-0.2, 0) is 4.74 Å². The highest BCUT2D eigenvalue weighted by Gasteiger charge is 2.31. The molecule has 2 fully saturated rings. The van der Waals surface area contributed by atoms with Crippen LogP contribution < -0.4 is 16.1 Å². The number of carbonyl (C=O) groups is 1. The number of carbonyl (C=O) groups excluding carboxylic acids is 1. The molecule has 1 saturated carbocycles. The number of anilines is 1. The SMILES string of the molecule is CCOC(=O)c1cn(C2CC2)c2nc3c(F)c(N4CC(N)C4)c(F)cc3cc2c1=O. The van der Waals surface area contributed by atoms with Crippen LogP contribution in [0.25, 0.3) is 21.9 Å². The fourth-order valence-corrected chi connectivity index (χ4v) is 3.97. The minimum absolute atomic E-state index is 0.0166. The summed E-state index contributed by atoms with van der Waals surface area (Å²) in [6.07, 6.45) is 3.17. The van der Waals surface area contributed by atoms with E-state index in [0.29, 0.717) is 13.1 Å². The van der Waals surface area contributed by atoms with Gasteiger partial charge in [0, 0.05) is 36.8 Å². The molecule has 5 rings (SSSR count). The molecule has 2 N–H and O–H groups in total. The quantitative estimate of drug-likeness (QED) is 0.521. The van der Waals surface area contributed by atoms with Gasteiger partial charge >= 0.3 is 5.97 Å². The third kappa shape index (κ3) is 2.84. The number of benzene rings is 1. The van der Waals surface area contributed by atoms with E-state index in [2.05, 4.69) is 4.98 Å². The predicted octanol–water partition coefficient (Wildman–Crippen LogP) is 2.49. The average Bonchev–Trinajstić information content (AvgIpc) is 3.51. The van der Waals surface area contributed by atoms with Gasteiger partial charge in [0.05, 0.1) is 12.0 Å². The zero-order valence-corrected chi connectivity index (χ0v) is 16.3. The number of pyridine rings is 2. The highest BCUT2D eigenvalue weighted by molar-refractivity contribution is 5.97. The summed E-state index contributed by atoms with van der Waals surface area (Å²) in [5.41, 5.74) is 5.19. The fourth-order valence-electron chi connectivity index (χ4n) is 3.97. The smallest absolute Gasteiger partial charge is 0.343 e. The highest BCUT2D eigenvalue weighted by Crippen LogP contribution is 2.38. The molecule has 3 heterocycles. The van der Waals surface area contributed by atoms with Crippen molar-refractivity contribution < 1.29 is 18.3 Å². The van der Waals surface area contributed by atoms with Gasteiger partial charge in [-0.25, -0.2) is 18.6 Å². The van der Waals surface area contributed by atoms with Gasteiger partial charge in [-0.05, 0) is 31.9 Å². The molecule has 30 heavy (non-hydrogen) atoms. The molecular weight excluding hydrogens is 394 g/mol. The van der Waals surface area contributed by atoms with Crippen LogP contribution in [0, 0.1) is 11.6 Å². The summed E-state index contributed by atoms with van der Waals surface area (Å²) in [6.45, 7) is 2.52. The van der Waals surface area contributed by atoms with Crippen molar-refractivity contribution in [3.05, 3.63) is 45.8 Å². The van der Waals surface area contributed by atoms with Crippen molar-refractivity contribution in [3.63, 3.8) is 0 Å². The van der Waals surface area contributed by atoms with E-state index in [-0.39, 0.29) is 51.9 Å². The second-order valence-corrected chi connectivity index (χ2v) is 7.85. The van der Waals surface area contributed by atoms with Gasteiger partial charge in [-0.15, -0.1) is 0 Å². The van der Waals surface area contributed by atoms with Crippen LogP contribution in [-0.4, -0.2) is 41.3 Å². The molecular formula is C21H20F2N4O3. The molecule has 0 amide bonds. The lowest BCUT2D eigenvalue weighted by Gasteiger charge is -2.39. The maximum atomic E-state index is 15.3. The van der Waals surface area contributed by atoms with E-state index >= 15 is 4.39 Å². The van der Waals surface area contributed by atoms with Crippen LogP contribution in [0.5, 0.6) is 0 Å². The lowest BCUT2D eigenvalue weighted by Crippen LogP contribution is -2.56. The van der Waals surface area contributed by atoms with Gasteiger partial charge in [-0.2, -0.15) is 0 Å². The molecule has 1 aliphatic heterocycles. The van der Waals surface area contributed by atoms with E-state index < -0.39 is 23.0 Å². The molecule has 1 aliphatic carbocycles. The van der Waals surface area contributed by atoms with Crippen LogP contribution in [0.3, 0.4) is 0 Å². The number of esters is 1. The molecule has 2 aromatic heterocycles. The van der Waals surface area contributed by atoms with Crippen molar-refractivity contribution in [1.82, 2.24) is 9.55 Å². The Morgan fingerprint density at radius 2 is 2.03 bits per heavy atom. The monoisotopic (exact) mass is 414 g/mol. The van der Waals surface area contributed by atoms with Gasteiger partial charge in [0.1, 0.15) is 28.2 Å². The van der Waals surface area contributed by atoms with Gasteiger partial charge < -0.3 is 19.9 Å². The van der Waals surface area contributed by atoms with E-state index in [0.717, 1.165) is 12.8 Å². The molecule has 1 aromatic carbocycles. The summed E-state index contributed by atoms with van der Waals surface area (Å²) in [4.78, 5) is 31.2. The Morgan fingerprint density at radius 1 is 1.30 bits per heavy atom. The van der Waals surface area contributed by atoms with Crippen LogP contribution in [0.2, 0.25) is 0 Å². The summed E-state index contributed by atoms with van der Waals surface area (Å²) in [5.74, 6) is -2.24. The Hall–Kier alpha value is -3.07. The van der Waals surface area contributed by atoms with Gasteiger partial charge in [-0.3, -0.25) is 4.79 Å². The molecule has 156 valence electrons. The molecule has 0 unspecified atom stereocenters. The molecule has 7 nitrogen and oxygen atoms in total. The van der Waals surface area contributed by atoms with Crippen molar-refractivity contribution in [1.29, 1.82) is 0 Å².